The van der Waals surface area contributed by atoms with Gasteiger partial charge in [-0.25, -0.2) is 0 Å². The standard InChI is InChI=1S/C16H29NO3/c1-2-3-4-5-6-7-8-12-15(18)17-14-11-9-10-13(14)16(19)20/h13-14H,2-12H2,1H3,(H,17,18)(H,19,20)/t13-,14+/m1/s1. The third kappa shape index (κ3) is 6.40. The Kier molecular flexibility index (Phi) is 8.31. The molecule has 0 radical (unpaired) electrons. The number of carboxylic acid groups (broad SMARTS) is 1. The number of hydrogen-bond acceptors (Lipinski definition) is 2. The molecule has 1 amide bonds. The monoisotopic (exact) mass is 283 g/mol. The van der Waals surface area contributed by atoms with Crippen LogP contribution in [-0.4, -0.2) is 23.0 Å². The second-order valence-corrected chi connectivity index (χ2v) is 5.92. The topological polar surface area (TPSA) is 66.4 Å². The average Bonchev–Trinajstić information content (AvgIpc) is 2.86. The summed E-state index contributed by atoms with van der Waals surface area (Å²) in [5.41, 5.74) is 0. The number of carboxylic acids is 1. The van der Waals surface area contributed by atoms with Crippen molar-refractivity contribution < 1.29 is 14.7 Å². The molecule has 20 heavy (non-hydrogen) atoms. The van der Waals surface area contributed by atoms with Gasteiger partial charge in [-0.15, -0.1) is 0 Å². The summed E-state index contributed by atoms with van der Waals surface area (Å²) < 4.78 is 0. The summed E-state index contributed by atoms with van der Waals surface area (Å²) >= 11 is 0. The Bertz CT molecular complexity index is 304. The van der Waals surface area contributed by atoms with Gasteiger partial charge in [-0.1, -0.05) is 51.9 Å². The molecule has 0 aromatic heterocycles. The third-order valence-electron chi connectivity index (χ3n) is 4.19. The maximum absolute atomic E-state index is 11.8. The summed E-state index contributed by atoms with van der Waals surface area (Å²) in [6.07, 6.45) is 11.3. The van der Waals surface area contributed by atoms with E-state index in [2.05, 4.69) is 12.2 Å². The summed E-state index contributed by atoms with van der Waals surface area (Å²) in [4.78, 5) is 22.8. The van der Waals surface area contributed by atoms with Gasteiger partial charge in [0.25, 0.3) is 0 Å². The maximum atomic E-state index is 11.8. The molecule has 2 N–H and O–H groups in total. The number of amides is 1. The van der Waals surface area contributed by atoms with Crippen molar-refractivity contribution in [2.24, 2.45) is 5.92 Å². The molecule has 0 spiro atoms. The Labute approximate surface area is 122 Å². The zero-order chi connectivity index (χ0) is 14.8. The lowest BCUT2D eigenvalue weighted by molar-refractivity contribution is -0.142. The van der Waals surface area contributed by atoms with Gasteiger partial charge in [0.05, 0.1) is 5.92 Å². The van der Waals surface area contributed by atoms with Crippen LogP contribution in [0.5, 0.6) is 0 Å². The predicted octanol–water partition coefficient (Wildman–Crippen LogP) is 3.50. The Morgan fingerprint density at radius 2 is 1.70 bits per heavy atom. The van der Waals surface area contributed by atoms with E-state index in [1.165, 1.54) is 32.1 Å². The number of nitrogens with one attached hydrogen (secondary N) is 1. The first-order valence-corrected chi connectivity index (χ1v) is 8.17. The molecule has 0 heterocycles. The Morgan fingerprint density at radius 1 is 1.05 bits per heavy atom. The number of carbonyl (C=O) groups excluding carboxylic acids is 1. The van der Waals surface area contributed by atoms with Crippen molar-refractivity contribution >= 4 is 11.9 Å². The molecule has 1 fully saturated rings. The molecular weight excluding hydrogens is 254 g/mol. The Hall–Kier alpha value is -1.06. The van der Waals surface area contributed by atoms with Crippen LogP contribution in [0.3, 0.4) is 0 Å². The summed E-state index contributed by atoms with van der Waals surface area (Å²) in [6.45, 7) is 2.21. The summed E-state index contributed by atoms with van der Waals surface area (Å²) in [6, 6.07) is -0.149. The summed E-state index contributed by atoms with van der Waals surface area (Å²) in [7, 11) is 0. The average molecular weight is 283 g/mol. The minimum absolute atomic E-state index is 0.0247. The van der Waals surface area contributed by atoms with E-state index in [-0.39, 0.29) is 17.9 Å². The van der Waals surface area contributed by atoms with E-state index in [1.807, 2.05) is 0 Å². The van der Waals surface area contributed by atoms with E-state index in [1.54, 1.807) is 0 Å². The zero-order valence-corrected chi connectivity index (χ0v) is 12.7. The van der Waals surface area contributed by atoms with Gasteiger partial charge in [-0.2, -0.15) is 0 Å². The van der Waals surface area contributed by atoms with E-state index < -0.39 is 5.97 Å². The molecule has 0 bridgehead atoms. The van der Waals surface area contributed by atoms with Crippen molar-refractivity contribution in [2.45, 2.75) is 83.6 Å². The molecule has 0 aromatic carbocycles. The van der Waals surface area contributed by atoms with Gasteiger partial charge < -0.3 is 10.4 Å². The van der Waals surface area contributed by atoms with Crippen molar-refractivity contribution in [2.75, 3.05) is 0 Å². The van der Waals surface area contributed by atoms with Crippen LogP contribution in [0.15, 0.2) is 0 Å². The van der Waals surface area contributed by atoms with Crippen LogP contribution >= 0.6 is 0 Å². The fraction of sp³-hybridized carbons (Fsp3) is 0.875. The Morgan fingerprint density at radius 3 is 2.35 bits per heavy atom. The predicted molar refractivity (Wildman–Crippen MR) is 79.5 cm³/mol. The SMILES string of the molecule is CCCCCCCCCC(=O)N[C@H]1CCC[C@H]1C(=O)O. The molecule has 2 atom stereocenters. The molecular formula is C16H29NO3. The highest BCUT2D eigenvalue weighted by molar-refractivity contribution is 5.78. The fourth-order valence-corrected chi connectivity index (χ4v) is 2.95. The van der Waals surface area contributed by atoms with Crippen molar-refractivity contribution in [1.29, 1.82) is 0 Å². The van der Waals surface area contributed by atoms with Gasteiger partial charge in [0.2, 0.25) is 5.91 Å². The van der Waals surface area contributed by atoms with Crippen LogP contribution in [0.1, 0.15) is 77.6 Å². The number of rotatable bonds is 10. The first-order chi connectivity index (χ1) is 9.65. The second-order valence-electron chi connectivity index (χ2n) is 5.92. The maximum Gasteiger partial charge on any atom is 0.308 e. The first-order valence-electron chi connectivity index (χ1n) is 8.17. The number of carbonyl (C=O) groups is 2. The smallest absolute Gasteiger partial charge is 0.308 e. The van der Waals surface area contributed by atoms with Crippen LogP contribution in [-0.2, 0) is 9.59 Å². The minimum atomic E-state index is -0.774. The molecule has 4 heteroatoms. The summed E-state index contributed by atoms with van der Waals surface area (Å²) in [5.74, 6) is -1.13. The first kappa shape index (κ1) is 17.0. The molecule has 0 unspecified atom stereocenters. The highest BCUT2D eigenvalue weighted by Gasteiger charge is 2.33. The second kappa shape index (κ2) is 9.78. The highest BCUT2D eigenvalue weighted by Crippen LogP contribution is 2.25. The van der Waals surface area contributed by atoms with E-state index in [9.17, 15) is 9.59 Å². The largest absolute Gasteiger partial charge is 0.481 e. The molecule has 0 aromatic rings. The van der Waals surface area contributed by atoms with Crippen molar-refractivity contribution in [1.82, 2.24) is 5.32 Å². The molecule has 1 rings (SSSR count). The molecule has 0 saturated heterocycles. The fourth-order valence-electron chi connectivity index (χ4n) is 2.95. The lowest BCUT2D eigenvalue weighted by Crippen LogP contribution is -2.40. The van der Waals surface area contributed by atoms with Crippen molar-refractivity contribution in [3.05, 3.63) is 0 Å². The quantitative estimate of drug-likeness (QED) is 0.603. The zero-order valence-electron chi connectivity index (χ0n) is 12.7. The van der Waals surface area contributed by atoms with E-state index in [0.29, 0.717) is 12.8 Å². The lowest BCUT2D eigenvalue weighted by Gasteiger charge is -2.17. The number of aliphatic carboxylic acids is 1. The van der Waals surface area contributed by atoms with Gasteiger partial charge in [-0.3, -0.25) is 9.59 Å². The van der Waals surface area contributed by atoms with E-state index in [4.69, 9.17) is 5.11 Å². The van der Waals surface area contributed by atoms with Crippen LogP contribution in [0, 0.1) is 5.92 Å². The van der Waals surface area contributed by atoms with Crippen LogP contribution in [0.25, 0.3) is 0 Å². The normalized spacial score (nSPS) is 21.9. The van der Waals surface area contributed by atoms with Crippen LogP contribution in [0.2, 0.25) is 0 Å². The van der Waals surface area contributed by atoms with Gasteiger partial charge >= 0.3 is 5.97 Å². The highest BCUT2D eigenvalue weighted by atomic mass is 16.4. The Balaban J connectivity index is 2.07. The van der Waals surface area contributed by atoms with Crippen molar-refractivity contribution in [3.8, 4) is 0 Å². The van der Waals surface area contributed by atoms with E-state index in [0.717, 1.165) is 25.7 Å². The number of unbranched alkanes of at least 4 members (excludes halogenated alkanes) is 6. The molecule has 116 valence electrons. The molecule has 4 nitrogen and oxygen atoms in total. The van der Waals surface area contributed by atoms with Gasteiger partial charge in [0.15, 0.2) is 0 Å². The lowest BCUT2D eigenvalue weighted by atomic mass is 10.0. The van der Waals surface area contributed by atoms with Crippen molar-refractivity contribution in [3.63, 3.8) is 0 Å². The molecule has 1 aliphatic carbocycles. The minimum Gasteiger partial charge on any atom is -0.481 e. The van der Waals surface area contributed by atoms with E-state index >= 15 is 0 Å². The van der Waals surface area contributed by atoms with Gasteiger partial charge in [-0.05, 0) is 19.3 Å². The van der Waals surface area contributed by atoms with Gasteiger partial charge in [0, 0.05) is 12.5 Å². The number of hydrogen-bond donors (Lipinski definition) is 2. The molecule has 1 saturated carbocycles. The molecule has 1 aliphatic rings. The molecule has 0 aliphatic heterocycles. The summed E-state index contributed by atoms with van der Waals surface area (Å²) in [5, 5.41) is 12.0. The third-order valence-corrected chi connectivity index (χ3v) is 4.19. The van der Waals surface area contributed by atoms with Gasteiger partial charge in [0.1, 0.15) is 0 Å². The van der Waals surface area contributed by atoms with Crippen LogP contribution < -0.4 is 5.32 Å². The van der Waals surface area contributed by atoms with Crippen LogP contribution in [0.4, 0.5) is 0 Å².